The Morgan fingerprint density at radius 2 is 1.47 bits per heavy atom. The molecular weight excluding hydrogens is 232 g/mol. The molecule has 19 heavy (non-hydrogen) atoms. The van der Waals surface area contributed by atoms with Crippen LogP contribution in [-0.2, 0) is 4.74 Å². The van der Waals surface area contributed by atoms with E-state index in [1.807, 2.05) is 42.5 Å². The van der Waals surface area contributed by atoms with Gasteiger partial charge in [-0.1, -0.05) is 66.7 Å². The van der Waals surface area contributed by atoms with Gasteiger partial charge in [-0.15, -0.1) is 0 Å². The van der Waals surface area contributed by atoms with Gasteiger partial charge < -0.3 is 4.74 Å². The minimum absolute atomic E-state index is 0.884. The molecule has 1 nitrogen and oxygen atoms in total. The number of benzene rings is 2. The Morgan fingerprint density at radius 3 is 2.05 bits per heavy atom. The minimum Gasteiger partial charge on any atom is -0.496 e. The van der Waals surface area contributed by atoms with Gasteiger partial charge in [0.25, 0.3) is 0 Å². The van der Waals surface area contributed by atoms with Crippen LogP contribution in [0.5, 0.6) is 0 Å². The smallest absolute Gasteiger partial charge is 0.122 e. The summed E-state index contributed by atoms with van der Waals surface area (Å²) in [5, 5.41) is 0. The fourth-order valence-electron chi connectivity index (χ4n) is 1.91. The first-order valence-electron chi connectivity index (χ1n) is 6.34. The zero-order valence-electron chi connectivity index (χ0n) is 11.3. The molecule has 0 spiro atoms. The van der Waals surface area contributed by atoms with E-state index in [-0.39, 0.29) is 0 Å². The molecule has 2 aromatic carbocycles. The third-order valence-corrected chi connectivity index (χ3v) is 3.02. The van der Waals surface area contributed by atoms with Crippen LogP contribution in [-0.4, -0.2) is 7.11 Å². The predicted molar refractivity (Wildman–Crippen MR) is 81.5 cm³/mol. The van der Waals surface area contributed by atoms with Crippen molar-refractivity contribution >= 4 is 11.6 Å². The van der Waals surface area contributed by atoms with Crippen molar-refractivity contribution in [3.63, 3.8) is 0 Å². The van der Waals surface area contributed by atoms with E-state index < -0.39 is 0 Å². The second kappa shape index (κ2) is 6.60. The summed E-state index contributed by atoms with van der Waals surface area (Å²) in [7, 11) is 1.71. The lowest BCUT2D eigenvalue weighted by atomic mass is 10.1. The van der Waals surface area contributed by atoms with Gasteiger partial charge in [0.2, 0.25) is 0 Å². The number of rotatable bonds is 4. The van der Waals surface area contributed by atoms with Crippen molar-refractivity contribution in [2.24, 2.45) is 0 Å². The van der Waals surface area contributed by atoms with Gasteiger partial charge >= 0.3 is 0 Å². The van der Waals surface area contributed by atoms with Crippen LogP contribution in [0.3, 0.4) is 0 Å². The zero-order chi connectivity index (χ0) is 13.5. The molecule has 96 valence electrons. The second-order valence-corrected chi connectivity index (χ2v) is 4.30. The van der Waals surface area contributed by atoms with Crippen molar-refractivity contribution in [3.05, 3.63) is 83.6 Å². The molecular formula is C18H18O. The Bertz CT molecular complexity index is 565. The number of hydrogen-bond acceptors (Lipinski definition) is 1. The molecule has 0 aliphatic rings. The van der Waals surface area contributed by atoms with Crippen LogP contribution in [0.1, 0.15) is 18.1 Å². The first kappa shape index (κ1) is 13.2. The third-order valence-electron chi connectivity index (χ3n) is 3.02. The van der Waals surface area contributed by atoms with Gasteiger partial charge in [0.1, 0.15) is 5.76 Å². The lowest BCUT2D eigenvalue weighted by molar-refractivity contribution is 0.309. The highest BCUT2D eigenvalue weighted by Gasteiger charge is 2.01. The van der Waals surface area contributed by atoms with Gasteiger partial charge in [0, 0.05) is 0 Å². The van der Waals surface area contributed by atoms with E-state index in [0.29, 0.717) is 0 Å². The molecule has 0 bridgehead atoms. The molecule has 0 aliphatic carbocycles. The summed E-state index contributed by atoms with van der Waals surface area (Å²) in [6, 6.07) is 20.5. The molecule has 0 unspecified atom stereocenters. The fraction of sp³-hybridized carbons (Fsp3) is 0.111. The van der Waals surface area contributed by atoms with Gasteiger partial charge in [0.05, 0.1) is 7.11 Å². The van der Waals surface area contributed by atoms with Crippen molar-refractivity contribution in [2.75, 3.05) is 7.11 Å². The summed E-state index contributed by atoms with van der Waals surface area (Å²) in [6.07, 6.45) is 4.07. The molecule has 1 heteroatoms. The largest absolute Gasteiger partial charge is 0.496 e. The lowest BCUT2D eigenvalue weighted by Crippen LogP contribution is -1.89. The second-order valence-electron chi connectivity index (χ2n) is 4.30. The Labute approximate surface area is 114 Å². The minimum atomic E-state index is 0.884. The molecule has 2 rings (SSSR count). The summed E-state index contributed by atoms with van der Waals surface area (Å²) in [5.74, 6) is 0.884. The van der Waals surface area contributed by atoms with Crippen molar-refractivity contribution in [2.45, 2.75) is 6.92 Å². The highest BCUT2D eigenvalue weighted by molar-refractivity contribution is 5.69. The standard InChI is InChI=1S/C18H18O/c1-15(17-11-7-4-8-12-17)18(19-2)14-13-16-9-5-3-6-10-16/h3-14H,1-2H3/b14-13+,18-15+. The maximum Gasteiger partial charge on any atom is 0.122 e. The topological polar surface area (TPSA) is 9.23 Å². The van der Waals surface area contributed by atoms with Crippen LogP contribution < -0.4 is 0 Å². The van der Waals surface area contributed by atoms with Crippen LogP contribution >= 0.6 is 0 Å². The Balaban J connectivity index is 2.27. The molecule has 0 amide bonds. The summed E-state index contributed by atoms with van der Waals surface area (Å²) in [5.41, 5.74) is 3.48. The van der Waals surface area contributed by atoms with Gasteiger partial charge in [0.15, 0.2) is 0 Å². The summed E-state index contributed by atoms with van der Waals surface area (Å²) >= 11 is 0. The maximum absolute atomic E-state index is 5.48. The Kier molecular flexibility index (Phi) is 4.57. The maximum atomic E-state index is 5.48. The van der Waals surface area contributed by atoms with Gasteiger partial charge in [-0.2, -0.15) is 0 Å². The normalized spacial score (nSPS) is 12.3. The van der Waals surface area contributed by atoms with Crippen LogP contribution in [0, 0.1) is 0 Å². The first-order valence-corrected chi connectivity index (χ1v) is 6.34. The van der Waals surface area contributed by atoms with Gasteiger partial charge in [-0.05, 0) is 29.7 Å². The molecule has 0 heterocycles. The van der Waals surface area contributed by atoms with Crippen LogP contribution in [0.15, 0.2) is 72.5 Å². The summed E-state index contributed by atoms with van der Waals surface area (Å²) < 4.78 is 5.48. The SMILES string of the molecule is COC(/C=C/c1ccccc1)=C(\C)c1ccccc1. The molecule has 0 atom stereocenters. The third kappa shape index (κ3) is 3.59. The number of ether oxygens (including phenoxy) is 1. The molecule has 2 aromatic rings. The van der Waals surface area contributed by atoms with Crippen molar-refractivity contribution in [3.8, 4) is 0 Å². The number of methoxy groups -OCH3 is 1. The van der Waals surface area contributed by atoms with E-state index in [1.54, 1.807) is 7.11 Å². The van der Waals surface area contributed by atoms with Crippen LogP contribution in [0.4, 0.5) is 0 Å². The average molecular weight is 250 g/mol. The molecule has 0 aromatic heterocycles. The first-order chi connectivity index (χ1) is 9.31. The highest BCUT2D eigenvalue weighted by atomic mass is 16.5. The van der Waals surface area contributed by atoms with Crippen molar-refractivity contribution < 1.29 is 4.74 Å². The van der Waals surface area contributed by atoms with Crippen molar-refractivity contribution in [1.29, 1.82) is 0 Å². The van der Waals surface area contributed by atoms with Gasteiger partial charge in [-0.3, -0.25) is 0 Å². The van der Waals surface area contributed by atoms with E-state index >= 15 is 0 Å². The van der Waals surface area contributed by atoms with Gasteiger partial charge in [-0.25, -0.2) is 0 Å². The van der Waals surface area contributed by atoms with E-state index in [9.17, 15) is 0 Å². The monoisotopic (exact) mass is 250 g/mol. The van der Waals surface area contributed by atoms with Crippen molar-refractivity contribution in [1.82, 2.24) is 0 Å². The Hall–Kier alpha value is -2.28. The van der Waals surface area contributed by atoms with Crippen LogP contribution in [0.25, 0.3) is 11.6 Å². The zero-order valence-corrected chi connectivity index (χ0v) is 11.3. The predicted octanol–water partition coefficient (Wildman–Crippen LogP) is 4.78. The van der Waals surface area contributed by atoms with E-state index in [4.69, 9.17) is 4.74 Å². The molecule has 0 radical (unpaired) electrons. The van der Waals surface area contributed by atoms with Crippen LogP contribution in [0.2, 0.25) is 0 Å². The van der Waals surface area contributed by atoms with E-state index in [2.05, 4.69) is 37.3 Å². The summed E-state index contributed by atoms with van der Waals surface area (Å²) in [6.45, 7) is 2.07. The lowest BCUT2D eigenvalue weighted by Gasteiger charge is -2.07. The number of hydrogen-bond donors (Lipinski definition) is 0. The van der Waals surface area contributed by atoms with E-state index in [0.717, 1.165) is 16.9 Å². The Morgan fingerprint density at radius 1 is 0.895 bits per heavy atom. The quantitative estimate of drug-likeness (QED) is 0.560. The average Bonchev–Trinajstić information content (AvgIpc) is 2.49. The molecule has 0 fully saturated rings. The molecule has 0 N–H and O–H groups in total. The highest BCUT2D eigenvalue weighted by Crippen LogP contribution is 2.20. The molecule has 0 saturated carbocycles. The fourth-order valence-corrected chi connectivity index (χ4v) is 1.91. The number of allylic oxidation sites excluding steroid dienone is 2. The summed E-state index contributed by atoms with van der Waals surface area (Å²) in [4.78, 5) is 0. The van der Waals surface area contributed by atoms with E-state index in [1.165, 1.54) is 5.56 Å². The molecule has 0 aliphatic heterocycles. The molecule has 0 saturated heterocycles.